The predicted molar refractivity (Wildman–Crippen MR) is 110 cm³/mol. The van der Waals surface area contributed by atoms with Crippen molar-refractivity contribution in [3.8, 4) is 0 Å². The first kappa shape index (κ1) is 18.1. The van der Waals surface area contributed by atoms with Crippen LogP contribution < -0.4 is 4.90 Å². The topological polar surface area (TPSA) is 26.8 Å². The molecule has 2 heterocycles. The summed E-state index contributed by atoms with van der Waals surface area (Å²) in [6.45, 7) is 3.68. The van der Waals surface area contributed by atoms with Crippen molar-refractivity contribution < 1.29 is 4.79 Å². The van der Waals surface area contributed by atoms with Gasteiger partial charge >= 0.3 is 0 Å². The van der Waals surface area contributed by atoms with Crippen molar-refractivity contribution >= 4 is 11.6 Å². The summed E-state index contributed by atoms with van der Waals surface area (Å²) in [5.74, 6) is 0.161. The molecule has 1 amide bonds. The molecule has 1 atom stereocenters. The number of carbonyl (C=O) groups is 1. The number of aryl methyl sites for hydroxylation is 1. The highest BCUT2D eigenvalue weighted by Gasteiger charge is 2.28. The number of rotatable bonds is 4. The predicted octanol–water partition coefficient (Wildman–Crippen LogP) is 3.42. The van der Waals surface area contributed by atoms with Gasteiger partial charge in [-0.3, -0.25) is 4.79 Å². The molecule has 0 aromatic heterocycles. The molecule has 0 aliphatic carbocycles. The van der Waals surface area contributed by atoms with Gasteiger partial charge in [-0.05, 0) is 62.7 Å². The van der Waals surface area contributed by atoms with Gasteiger partial charge in [-0.25, -0.2) is 0 Å². The zero-order valence-corrected chi connectivity index (χ0v) is 16.4. The molecule has 0 bridgehead atoms. The zero-order chi connectivity index (χ0) is 18.8. The van der Waals surface area contributed by atoms with Crippen LogP contribution in [0.25, 0.3) is 0 Å². The first-order valence-electron chi connectivity index (χ1n) is 9.99. The van der Waals surface area contributed by atoms with Crippen LogP contribution in [0.15, 0.2) is 48.5 Å². The van der Waals surface area contributed by atoms with Crippen molar-refractivity contribution in [2.24, 2.45) is 0 Å². The summed E-state index contributed by atoms with van der Waals surface area (Å²) in [4.78, 5) is 19.4. The highest BCUT2D eigenvalue weighted by Crippen LogP contribution is 2.28. The molecule has 0 N–H and O–H groups in total. The van der Waals surface area contributed by atoms with Gasteiger partial charge in [-0.1, -0.05) is 30.3 Å². The fraction of sp³-hybridized carbons (Fsp3) is 0.435. The third kappa shape index (κ3) is 3.86. The maximum absolute atomic E-state index is 12.8. The number of nitrogens with zero attached hydrogens (tertiary/aromatic N) is 3. The number of anilines is 1. The fourth-order valence-electron chi connectivity index (χ4n) is 4.28. The summed E-state index contributed by atoms with van der Waals surface area (Å²) in [5, 5.41) is 0. The van der Waals surface area contributed by atoms with Gasteiger partial charge < -0.3 is 14.7 Å². The molecule has 1 saturated heterocycles. The molecule has 142 valence electrons. The second-order valence-corrected chi connectivity index (χ2v) is 8.01. The van der Waals surface area contributed by atoms with Gasteiger partial charge in [-0.2, -0.15) is 0 Å². The molecule has 27 heavy (non-hydrogen) atoms. The Morgan fingerprint density at radius 2 is 1.85 bits per heavy atom. The van der Waals surface area contributed by atoms with Gasteiger partial charge in [-0.15, -0.1) is 0 Å². The Bertz CT molecular complexity index is 800. The number of fused-ring (bicyclic) bond motifs is 1. The lowest BCUT2D eigenvalue weighted by Gasteiger charge is -2.31. The largest absolute Gasteiger partial charge is 0.367 e. The molecule has 4 nitrogen and oxygen atoms in total. The van der Waals surface area contributed by atoms with Crippen LogP contribution in [-0.4, -0.2) is 55.5 Å². The maximum atomic E-state index is 12.8. The Balaban J connectivity index is 1.42. The average Bonchev–Trinajstić information content (AvgIpc) is 3.19. The fourth-order valence-corrected chi connectivity index (χ4v) is 4.28. The van der Waals surface area contributed by atoms with Crippen LogP contribution in [-0.2, 0) is 13.0 Å². The van der Waals surface area contributed by atoms with Gasteiger partial charge in [0.1, 0.15) is 0 Å². The Hall–Kier alpha value is -2.33. The van der Waals surface area contributed by atoms with Gasteiger partial charge in [0, 0.05) is 43.5 Å². The van der Waals surface area contributed by atoms with E-state index in [0.29, 0.717) is 6.04 Å². The van der Waals surface area contributed by atoms with Crippen molar-refractivity contribution in [2.45, 2.75) is 31.8 Å². The zero-order valence-electron chi connectivity index (χ0n) is 16.4. The number of likely N-dealkylation sites (N-methyl/N-ethyl adjacent to an activating group) is 1. The van der Waals surface area contributed by atoms with Crippen molar-refractivity contribution in [1.29, 1.82) is 0 Å². The first-order chi connectivity index (χ1) is 13.1. The van der Waals surface area contributed by atoms with Crippen molar-refractivity contribution in [3.05, 3.63) is 65.2 Å². The normalized spacial score (nSPS) is 19.4. The van der Waals surface area contributed by atoms with Crippen LogP contribution in [0.1, 0.15) is 34.3 Å². The third-order valence-corrected chi connectivity index (χ3v) is 5.96. The van der Waals surface area contributed by atoms with Gasteiger partial charge in [0.2, 0.25) is 0 Å². The number of hydrogen-bond acceptors (Lipinski definition) is 3. The minimum Gasteiger partial charge on any atom is -0.367 e. The van der Waals surface area contributed by atoms with E-state index in [1.54, 1.807) is 0 Å². The van der Waals surface area contributed by atoms with E-state index in [0.717, 1.165) is 38.2 Å². The van der Waals surface area contributed by atoms with E-state index in [2.05, 4.69) is 60.3 Å². The average molecular weight is 364 g/mol. The minimum atomic E-state index is 0.161. The highest BCUT2D eigenvalue weighted by atomic mass is 16.2. The lowest BCUT2D eigenvalue weighted by molar-refractivity contribution is 0.0783. The molecule has 0 spiro atoms. The second kappa shape index (κ2) is 7.73. The molecule has 2 aromatic rings. The molecule has 1 unspecified atom stereocenters. The number of carbonyl (C=O) groups excluding carboxylic acids is 1. The molecular formula is C23H29N3O. The van der Waals surface area contributed by atoms with Crippen LogP contribution in [0.2, 0.25) is 0 Å². The summed E-state index contributed by atoms with van der Waals surface area (Å²) in [7, 11) is 4.18. The van der Waals surface area contributed by atoms with Crippen molar-refractivity contribution in [1.82, 2.24) is 9.80 Å². The molecule has 0 saturated carbocycles. The molecule has 4 heteroatoms. The summed E-state index contributed by atoms with van der Waals surface area (Å²) in [5.41, 5.74) is 4.86. The number of benzene rings is 2. The van der Waals surface area contributed by atoms with E-state index in [9.17, 15) is 4.79 Å². The number of likely N-dealkylation sites (tertiary alicyclic amines) is 1. The SMILES string of the molecule is CN(C)C1CCN(C(=O)c2ccc(CN3CCCc4ccccc43)cc2)C1. The van der Waals surface area contributed by atoms with E-state index in [1.165, 1.54) is 29.7 Å². The second-order valence-electron chi connectivity index (χ2n) is 8.01. The molecule has 2 aliphatic heterocycles. The van der Waals surface area contributed by atoms with E-state index >= 15 is 0 Å². The third-order valence-electron chi connectivity index (χ3n) is 5.96. The van der Waals surface area contributed by atoms with Crippen LogP contribution in [0, 0.1) is 0 Å². The van der Waals surface area contributed by atoms with Crippen LogP contribution in [0.3, 0.4) is 0 Å². The summed E-state index contributed by atoms with van der Waals surface area (Å²) in [6, 6.07) is 17.4. The monoisotopic (exact) mass is 363 g/mol. The molecule has 2 aromatic carbocycles. The molecule has 2 aliphatic rings. The number of para-hydroxylation sites is 1. The van der Waals surface area contributed by atoms with Gasteiger partial charge in [0.25, 0.3) is 5.91 Å². The van der Waals surface area contributed by atoms with E-state index in [-0.39, 0.29) is 5.91 Å². The Kier molecular flexibility index (Phi) is 5.17. The smallest absolute Gasteiger partial charge is 0.253 e. The first-order valence-corrected chi connectivity index (χ1v) is 9.99. The Morgan fingerprint density at radius 3 is 2.59 bits per heavy atom. The lowest BCUT2D eigenvalue weighted by Crippen LogP contribution is -2.34. The Morgan fingerprint density at radius 1 is 1.07 bits per heavy atom. The summed E-state index contributed by atoms with van der Waals surface area (Å²) in [6.07, 6.45) is 3.44. The standard InChI is InChI=1S/C23H29N3O/c1-24(2)21-13-15-26(17-21)23(27)20-11-9-18(10-12-20)16-25-14-5-7-19-6-3-4-8-22(19)25/h3-4,6,8-12,21H,5,7,13-17H2,1-2H3. The molecule has 1 fully saturated rings. The Labute approximate surface area is 162 Å². The van der Waals surface area contributed by atoms with E-state index in [1.807, 2.05) is 17.0 Å². The van der Waals surface area contributed by atoms with E-state index in [4.69, 9.17) is 0 Å². The minimum absolute atomic E-state index is 0.161. The van der Waals surface area contributed by atoms with Crippen molar-refractivity contribution in [2.75, 3.05) is 38.6 Å². The van der Waals surface area contributed by atoms with Gasteiger partial charge in [0.15, 0.2) is 0 Å². The quantitative estimate of drug-likeness (QED) is 0.833. The van der Waals surface area contributed by atoms with Gasteiger partial charge in [0.05, 0.1) is 0 Å². The highest BCUT2D eigenvalue weighted by molar-refractivity contribution is 5.94. The van der Waals surface area contributed by atoms with E-state index < -0.39 is 0 Å². The number of hydrogen-bond donors (Lipinski definition) is 0. The van der Waals surface area contributed by atoms with Crippen LogP contribution in [0.4, 0.5) is 5.69 Å². The maximum Gasteiger partial charge on any atom is 0.253 e. The van der Waals surface area contributed by atoms with Crippen molar-refractivity contribution in [3.63, 3.8) is 0 Å². The summed E-state index contributed by atoms with van der Waals surface area (Å²) < 4.78 is 0. The molecule has 0 radical (unpaired) electrons. The summed E-state index contributed by atoms with van der Waals surface area (Å²) >= 11 is 0. The molecule has 4 rings (SSSR count). The lowest BCUT2D eigenvalue weighted by atomic mass is 10.0. The van der Waals surface area contributed by atoms with Crippen LogP contribution >= 0.6 is 0 Å². The van der Waals surface area contributed by atoms with Crippen LogP contribution in [0.5, 0.6) is 0 Å². The number of amides is 1. The molecular weight excluding hydrogens is 334 g/mol.